The molecule has 27 heavy (non-hydrogen) atoms. The molecule has 142 valence electrons. The van der Waals surface area contributed by atoms with Crippen molar-refractivity contribution >= 4 is 17.6 Å². The number of rotatable bonds is 5. The van der Waals surface area contributed by atoms with Crippen LogP contribution in [0.15, 0.2) is 42.5 Å². The molecule has 1 unspecified atom stereocenters. The Morgan fingerprint density at radius 3 is 2.63 bits per heavy atom. The lowest BCUT2D eigenvalue weighted by Gasteiger charge is -2.35. The van der Waals surface area contributed by atoms with Crippen molar-refractivity contribution in [3.8, 4) is 11.5 Å². The summed E-state index contributed by atoms with van der Waals surface area (Å²) >= 11 is 0. The van der Waals surface area contributed by atoms with Crippen LogP contribution in [0.25, 0.3) is 0 Å². The number of carbonyl (C=O) groups is 2. The Morgan fingerprint density at radius 1 is 1.11 bits per heavy atom. The number of esters is 1. The van der Waals surface area contributed by atoms with Crippen LogP contribution < -0.4 is 14.4 Å². The highest BCUT2D eigenvalue weighted by atomic mass is 16.5. The fourth-order valence-corrected chi connectivity index (χ4v) is 3.31. The minimum Gasteiger partial charge on any atom is -0.493 e. The van der Waals surface area contributed by atoms with E-state index in [2.05, 4.69) is 6.07 Å². The zero-order valence-electron chi connectivity index (χ0n) is 15.7. The predicted octanol–water partition coefficient (Wildman–Crippen LogP) is 3.23. The summed E-state index contributed by atoms with van der Waals surface area (Å²) in [6, 6.07) is 12.8. The van der Waals surface area contributed by atoms with Crippen LogP contribution in [0.2, 0.25) is 0 Å². The molecule has 0 bridgehead atoms. The first-order valence-corrected chi connectivity index (χ1v) is 8.84. The van der Waals surface area contributed by atoms with Gasteiger partial charge in [-0.05, 0) is 49.6 Å². The zero-order valence-corrected chi connectivity index (χ0v) is 15.7. The van der Waals surface area contributed by atoms with Crippen LogP contribution in [0.4, 0.5) is 5.69 Å². The molecule has 0 aliphatic carbocycles. The Kier molecular flexibility index (Phi) is 5.64. The van der Waals surface area contributed by atoms with Gasteiger partial charge in [-0.3, -0.25) is 4.79 Å². The van der Waals surface area contributed by atoms with E-state index >= 15 is 0 Å². The number of amides is 1. The smallest absolute Gasteiger partial charge is 0.337 e. The molecule has 1 amide bonds. The molecule has 0 saturated carbocycles. The van der Waals surface area contributed by atoms with Crippen LogP contribution in [0.1, 0.15) is 29.3 Å². The van der Waals surface area contributed by atoms with Crippen molar-refractivity contribution < 1.29 is 23.8 Å². The van der Waals surface area contributed by atoms with E-state index in [0.29, 0.717) is 17.1 Å². The number of carbonyl (C=O) groups excluding carboxylic acids is 2. The lowest BCUT2D eigenvalue weighted by Crippen LogP contribution is -2.44. The molecular weight excluding hydrogens is 346 g/mol. The van der Waals surface area contributed by atoms with Crippen molar-refractivity contribution in [2.45, 2.75) is 25.8 Å². The largest absolute Gasteiger partial charge is 0.493 e. The number of hydrogen-bond acceptors (Lipinski definition) is 5. The molecule has 0 radical (unpaired) electrons. The van der Waals surface area contributed by atoms with E-state index in [9.17, 15) is 9.59 Å². The van der Waals surface area contributed by atoms with Gasteiger partial charge in [-0.2, -0.15) is 0 Å². The van der Waals surface area contributed by atoms with Crippen LogP contribution in [0.5, 0.6) is 11.5 Å². The molecule has 0 spiro atoms. The Labute approximate surface area is 158 Å². The quantitative estimate of drug-likeness (QED) is 0.757. The van der Waals surface area contributed by atoms with Crippen LogP contribution in [-0.2, 0) is 16.0 Å². The number of methoxy groups -OCH3 is 2. The minimum absolute atomic E-state index is 0.111. The van der Waals surface area contributed by atoms with Crippen molar-refractivity contribution in [1.29, 1.82) is 0 Å². The Bertz CT molecular complexity index is 848. The monoisotopic (exact) mass is 369 g/mol. The number of anilines is 1. The summed E-state index contributed by atoms with van der Waals surface area (Å²) < 4.78 is 15.7. The highest BCUT2D eigenvalue weighted by Crippen LogP contribution is 2.32. The number of para-hydroxylation sites is 1. The van der Waals surface area contributed by atoms with E-state index in [0.717, 1.165) is 18.5 Å². The molecule has 3 rings (SSSR count). The first-order valence-electron chi connectivity index (χ1n) is 8.84. The predicted molar refractivity (Wildman–Crippen MR) is 102 cm³/mol. The Morgan fingerprint density at radius 2 is 1.89 bits per heavy atom. The molecule has 6 heteroatoms. The van der Waals surface area contributed by atoms with Crippen LogP contribution in [-0.4, -0.2) is 38.7 Å². The average molecular weight is 369 g/mol. The highest BCUT2D eigenvalue weighted by Gasteiger charge is 2.28. The third kappa shape index (κ3) is 3.89. The molecule has 2 aromatic carbocycles. The zero-order chi connectivity index (χ0) is 19.4. The van der Waals surface area contributed by atoms with Crippen LogP contribution in [0, 0.1) is 0 Å². The molecule has 1 aliphatic heterocycles. The van der Waals surface area contributed by atoms with Gasteiger partial charge in [0.05, 0.1) is 19.8 Å². The maximum atomic E-state index is 12.9. The number of nitrogens with zero attached hydrogens (tertiary/aromatic N) is 1. The van der Waals surface area contributed by atoms with Crippen LogP contribution >= 0.6 is 0 Å². The van der Waals surface area contributed by atoms with Gasteiger partial charge >= 0.3 is 5.97 Å². The van der Waals surface area contributed by atoms with Gasteiger partial charge in [0.1, 0.15) is 0 Å². The van der Waals surface area contributed by atoms with E-state index in [1.807, 2.05) is 25.1 Å². The molecule has 0 saturated heterocycles. The Balaban J connectivity index is 1.75. The topological polar surface area (TPSA) is 65.1 Å². The standard InChI is InChI=1S/C21H23NO5/c1-14-8-9-15-6-4-5-7-17(15)22(14)20(23)13-27-18-11-10-16(21(24)26-3)12-19(18)25-2/h4-7,10-12,14H,8-9,13H2,1-3H3. The van der Waals surface area contributed by atoms with Crippen molar-refractivity contribution in [1.82, 2.24) is 0 Å². The second-order valence-corrected chi connectivity index (χ2v) is 6.43. The summed E-state index contributed by atoms with van der Waals surface area (Å²) in [6.07, 6.45) is 1.88. The van der Waals surface area contributed by atoms with Gasteiger partial charge in [-0.1, -0.05) is 18.2 Å². The SMILES string of the molecule is COC(=O)c1ccc(OCC(=O)N2c3ccccc3CCC2C)c(OC)c1. The minimum atomic E-state index is -0.463. The van der Waals surface area contributed by atoms with Gasteiger partial charge in [0.15, 0.2) is 18.1 Å². The van der Waals surface area contributed by atoms with Gasteiger partial charge in [-0.25, -0.2) is 4.79 Å². The van der Waals surface area contributed by atoms with Crippen molar-refractivity contribution in [2.24, 2.45) is 0 Å². The van der Waals surface area contributed by atoms with E-state index in [-0.39, 0.29) is 18.6 Å². The molecule has 0 N–H and O–H groups in total. The number of benzene rings is 2. The average Bonchev–Trinajstić information content (AvgIpc) is 2.71. The van der Waals surface area contributed by atoms with Crippen molar-refractivity contribution in [3.63, 3.8) is 0 Å². The third-order valence-corrected chi connectivity index (χ3v) is 4.73. The van der Waals surface area contributed by atoms with Gasteiger partial charge in [-0.15, -0.1) is 0 Å². The second-order valence-electron chi connectivity index (χ2n) is 6.43. The van der Waals surface area contributed by atoms with Crippen molar-refractivity contribution in [2.75, 3.05) is 25.7 Å². The lowest BCUT2D eigenvalue weighted by molar-refractivity contribution is -0.121. The second kappa shape index (κ2) is 8.12. The first kappa shape index (κ1) is 18.8. The number of aryl methyl sites for hydroxylation is 1. The van der Waals surface area contributed by atoms with E-state index in [1.54, 1.807) is 17.0 Å². The maximum absolute atomic E-state index is 12.9. The summed E-state index contributed by atoms with van der Waals surface area (Å²) in [5.74, 6) is 0.192. The van der Waals surface area contributed by atoms with Gasteiger partial charge in [0.2, 0.25) is 0 Å². The third-order valence-electron chi connectivity index (χ3n) is 4.73. The van der Waals surface area contributed by atoms with Gasteiger partial charge in [0.25, 0.3) is 5.91 Å². The lowest BCUT2D eigenvalue weighted by atomic mass is 9.96. The number of hydrogen-bond donors (Lipinski definition) is 0. The molecule has 1 aliphatic rings. The highest BCUT2D eigenvalue weighted by molar-refractivity contribution is 5.96. The van der Waals surface area contributed by atoms with Crippen LogP contribution in [0.3, 0.4) is 0 Å². The van der Waals surface area contributed by atoms with Gasteiger partial charge in [0, 0.05) is 11.7 Å². The van der Waals surface area contributed by atoms with Gasteiger partial charge < -0.3 is 19.1 Å². The molecule has 0 aromatic heterocycles. The summed E-state index contributed by atoms with van der Waals surface area (Å²) in [7, 11) is 2.80. The molecule has 6 nitrogen and oxygen atoms in total. The number of fused-ring (bicyclic) bond motifs is 1. The molecule has 2 aromatic rings. The van der Waals surface area contributed by atoms with E-state index in [1.165, 1.54) is 25.8 Å². The summed E-state index contributed by atoms with van der Waals surface area (Å²) in [5.41, 5.74) is 2.47. The summed E-state index contributed by atoms with van der Waals surface area (Å²) in [5, 5.41) is 0. The van der Waals surface area contributed by atoms with E-state index < -0.39 is 5.97 Å². The normalized spacial score (nSPS) is 15.7. The molecule has 1 atom stereocenters. The van der Waals surface area contributed by atoms with Crippen molar-refractivity contribution in [3.05, 3.63) is 53.6 Å². The molecule has 0 fully saturated rings. The summed E-state index contributed by atoms with van der Waals surface area (Å²) in [6.45, 7) is 1.92. The number of ether oxygens (including phenoxy) is 3. The maximum Gasteiger partial charge on any atom is 0.337 e. The Hall–Kier alpha value is -3.02. The van der Waals surface area contributed by atoms with E-state index in [4.69, 9.17) is 14.2 Å². The first-order chi connectivity index (χ1) is 13.0. The molecular formula is C21H23NO5. The summed E-state index contributed by atoms with van der Waals surface area (Å²) in [4.78, 5) is 26.3. The molecule has 1 heterocycles. The fraction of sp³-hybridized carbons (Fsp3) is 0.333. The fourth-order valence-electron chi connectivity index (χ4n) is 3.31.